The molecule has 1 aromatic carbocycles. The van der Waals surface area contributed by atoms with Crippen LogP contribution in [0.2, 0.25) is 0 Å². The van der Waals surface area contributed by atoms with Crippen LogP contribution in [0.5, 0.6) is 0 Å². The lowest BCUT2D eigenvalue weighted by molar-refractivity contribution is 0.154. The Morgan fingerprint density at radius 2 is 1.74 bits per heavy atom. The van der Waals surface area contributed by atoms with Gasteiger partial charge in [0.2, 0.25) is 0 Å². The van der Waals surface area contributed by atoms with Crippen molar-refractivity contribution >= 4 is 0 Å². The Hall–Kier alpha value is -2.64. The van der Waals surface area contributed by atoms with Gasteiger partial charge in [0.15, 0.2) is 5.82 Å². The monoisotopic (exact) mass is 366 g/mol. The summed E-state index contributed by atoms with van der Waals surface area (Å²) in [4.78, 5) is 13.5. The number of benzene rings is 1. The van der Waals surface area contributed by atoms with Crippen molar-refractivity contribution in [3.63, 3.8) is 0 Å². The topological polar surface area (TPSA) is 50.1 Å². The largest absolute Gasteiger partial charge is 0.304 e. The van der Waals surface area contributed by atoms with Crippen molar-refractivity contribution in [1.29, 1.82) is 0 Å². The average Bonchev–Trinajstić information content (AvgIpc) is 3.13. The maximum absolute atomic E-state index is 14.4. The molecule has 0 N–H and O–H groups in total. The van der Waals surface area contributed by atoms with Crippen molar-refractivity contribution in [2.45, 2.75) is 6.42 Å². The molecule has 3 aromatic rings. The predicted octanol–water partition coefficient (Wildman–Crippen LogP) is 2.26. The molecule has 2 aromatic heterocycles. The van der Waals surface area contributed by atoms with Gasteiger partial charge in [-0.3, -0.25) is 4.98 Å². The van der Waals surface area contributed by atoms with E-state index in [1.807, 2.05) is 18.2 Å². The summed E-state index contributed by atoms with van der Waals surface area (Å²) in [5.41, 5.74) is 1.31. The van der Waals surface area contributed by atoms with Gasteiger partial charge in [0.25, 0.3) is 0 Å². The smallest absolute Gasteiger partial charge is 0.181 e. The third-order valence-corrected chi connectivity index (χ3v) is 4.94. The molecule has 6 nitrogen and oxygen atoms in total. The van der Waals surface area contributed by atoms with Crippen molar-refractivity contribution in [1.82, 2.24) is 29.5 Å². The molecule has 0 aliphatic carbocycles. The second kappa shape index (κ2) is 7.94. The molecule has 0 amide bonds. The number of nitrogens with zero attached hydrogens (tertiary/aromatic N) is 6. The van der Waals surface area contributed by atoms with Gasteiger partial charge in [-0.05, 0) is 31.3 Å². The summed E-state index contributed by atoms with van der Waals surface area (Å²) in [5, 5.41) is 4.60. The number of hydrogen-bond donors (Lipinski definition) is 0. The van der Waals surface area contributed by atoms with Crippen LogP contribution < -0.4 is 0 Å². The summed E-state index contributed by atoms with van der Waals surface area (Å²) in [6.45, 7) is 5.12. The third kappa shape index (κ3) is 4.04. The molecule has 4 rings (SSSR count). The molecule has 1 saturated heterocycles. The molecule has 0 saturated carbocycles. The van der Waals surface area contributed by atoms with Gasteiger partial charge in [0.05, 0.1) is 0 Å². The normalized spacial score (nSPS) is 15.9. The first-order chi connectivity index (χ1) is 13.2. The van der Waals surface area contributed by atoms with Crippen LogP contribution in [0.3, 0.4) is 0 Å². The zero-order valence-electron chi connectivity index (χ0n) is 15.4. The van der Waals surface area contributed by atoms with E-state index in [0.717, 1.165) is 50.5 Å². The molecular weight excluding hydrogens is 343 g/mol. The first-order valence-corrected chi connectivity index (χ1v) is 9.23. The summed E-state index contributed by atoms with van der Waals surface area (Å²) in [5.74, 6) is 1.06. The summed E-state index contributed by atoms with van der Waals surface area (Å²) in [6.07, 6.45) is 4.14. The lowest BCUT2D eigenvalue weighted by atomic mass is 10.2. The Morgan fingerprint density at radius 3 is 2.48 bits per heavy atom. The second-order valence-corrected chi connectivity index (χ2v) is 6.85. The van der Waals surface area contributed by atoms with E-state index in [1.54, 1.807) is 29.2 Å². The lowest BCUT2D eigenvalue weighted by Crippen LogP contribution is -2.45. The van der Waals surface area contributed by atoms with Gasteiger partial charge in [-0.1, -0.05) is 12.1 Å². The number of halogens is 1. The van der Waals surface area contributed by atoms with Crippen LogP contribution in [0.15, 0.2) is 48.8 Å². The number of rotatable bonds is 5. The zero-order valence-corrected chi connectivity index (χ0v) is 15.4. The number of hydrogen-bond acceptors (Lipinski definition) is 5. The first kappa shape index (κ1) is 17.8. The molecular formula is C20H23FN6. The number of pyridine rings is 1. The fourth-order valence-electron chi connectivity index (χ4n) is 3.28. The quantitative estimate of drug-likeness (QED) is 0.693. The molecule has 27 heavy (non-hydrogen) atoms. The highest BCUT2D eigenvalue weighted by atomic mass is 19.1. The minimum absolute atomic E-state index is 0.301. The van der Waals surface area contributed by atoms with E-state index >= 15 is 0 Å². The van der Waals surface area contributed by atoms with Gasteiger partial charge in [0, 0.05) is 57.1 Å². The molecule has 140 valence electrons. The highest BCUT2D eigenvalue weighted by molar-refractivity contribution is 5.54. The lowest BCUT2D eigenvalue weighted by Gasteiger charge is -2.32. The molecule has 3 heterocycles. The zero-order chi connectivity index (χ0) is 18.6. The maximum Gasteiger partial charge on any atom is 0.181 e. The summed E-state index contributed by atoms with van der Waals surface area (Å²) >= 11 is 0. The number of likely N-dealkylation sites (N-methyl/N-ethyl adjacent to an activating group) is 1. The summed E-state index contributed by atoms with van der Waals surface area (Å²) in [6, 6.07) is 10.4. The summed E-state index contributed by atoms with van der Waals surface area (Å²) < 4.78 is 16.0. The first-order valence-electron chi connectivity index (χ1n) is 9.23. The van der Waals surface area contributed by atoms with E-state index < -0.39 is 0 Å². The predicted molar refractivity (Wildman–Crippen MR) is 102 cm³/mol. The Bertz CT molecular complexity index is 886. The van der Waals surface area contributed by atoms with E-state index in [2.05, 4.69) is 26.9 Å². The molecule has 0 atom stereocenters. The highest BCUT2D eigenvalue weighted by Gasteiger charge is 2.18. The number of piperazine rings is 1. The van der Waals surface area contributed by atoms with E-state index in [-0.39, 0.29) is 5.82 Å². The van der Waals surface area contributed by atoms with Crippen LogP contribution in [0.4, 0.5) is 4.39 Å². The fraction of sp³-hybridized carbons (Fsp3) is 0.350. The van der Waals surface area contributed by atoms with Gasteiger partial charge >= 0.3 is 0 Å². The van der Waals surface area contributed by atoms with Gasteiger partial charge in [0.1, 0.15) is 17.3 Å². The third-order valence-electron chi connectivity index (χ3n) is 4.94. The Balaban J connectivity index is 1.62. The van der Waals surface area contributed by atoms with E-state index in [1.165, 1.54) is 6.07 Å². The van der Waals surface area contributed by atoms with Crippen molar-refractivity contribution in [2.75, 3.05) is 39.8 Å². The molecule has 0 bridgehead atoms. The van der Waals surface area contributed by atoms with E-state index in [0.29, 0.717) is 11.5 Å². The Morgan fingerprint density at radius 1 is 1.00 bits per heavy atom. The van der Waals surface area contributed by atoms with Crippen molar-refractivity contribution in [3.05, 3.63) is 60.4 Å². The van der Waals surface area contributed by atoms with Gasteiger partial charge in [-0.25, -0.2) is 14.1 Å². The SMILES string of the molecule is CN1CCN(CCc2nc(-c3ccncc3)nn2-c2ccccc2F)CC1. The Kier molecular flexibility index (Phi) is 5.22. The molecule has 0 radical (unpaired) electrons. The van der Waals surface area contributed by atoms with Gasteiger partial charge in [-0.15, -0.1) is 5.10 Å². The van der Waals surface area contributed by atoms with Gasteiger partial charge in [-0.2, -0.15) is 0 Å². The van der Waals surface area contributed by atoms with Crippen LogP contribution in [-0.2, 0) is 6.42 Å². The minimum atomic E-state index is -0.301. The van der Waals surface area contributed by atoms with Crippen LogP contribution in [0.25, 0.3) is 17.1 Å². The van der Waals surface area contributed by atoms with E-state index in [9.17, 15) is 4.39 Å². The second-order valence-electron chi connectivity index (χ2n) is 6.85. The number of para-hydroxylation sites is 1. The molecule has 0 unspecified atom stereocenters. The maximum atomic E-state index is 14.4. The van der Waals surface area contributed by atoms with Crippen LogP contribution >= 0.6 is 0 Å². The Labute approximate surface area is 158 Å². The molecule has 1 aliphatic rings. The number of aromatic nitrogens is 4. The minimum Gasteiger partial charge on any atom is -0.304 e. The van der Waals surface area contributed by atoms with E-state index in [4.69, 9.17) is 4.98 Å². The molecule has 0 spiro atoms. The summed E-state index contributed by atoms with van der Waals surface area (Å²) in [7, 11) is 2.15. The van der Waals surface area contributed by atoms with Crippen LogP contribution in [-0.4, -0.2) is 69.3 Å². The fourth-order valence-corrected chi connectivity index (χ4v) is 3.28. The molecule has 1 fully saturated rings. The average molecular weight is 366 g/mol. The van der Waals surface area contributed by atoms with Gasteiger partial charge < -0.3 is 9.80 Å². The van der Waals surface area contributed by atoms with Crippen molar-refractivity contribution in [3.8, 4) is 17.1 Å². The standard InChI is InChI=1S/C20H23FN6/c1-25-12-14-26(15-13-25)11-8-19-23-20(16-6-9-22-10-7-16)24-27(19)18-5-3-2-4-17(18)21/h2-7,9-10H,8,11-15H2,1H3. The van der Waals surface area contributed by atoms with Crippen molar-refractivity contribution < 1.29 is 4.39 Å². The van der Waals surface area contributed by atoms with Crippen molar-refractivity contribution in [2.24, 2.45) is 0 Å². The van der Waals surface area contributed by atoms with Crippen LogP contribution in [0, 0.1) is 5.82 Å². The molecule has 7 heteroatoms. The van der Waals surface area contributed by atoms with Crippen LogP contribution in [0.1, 0.15) is 5.82 Å². The highest BCUT2D eigenvalue weighted by Crippen LogP contribution is 2.20. The molecule has 1 aliphatic heterocycles.